The molecular weight excluding hydrogens is 288 g/mol. The topological polar surface area (TPSA) is 62.5 Å². The molecular formula is C18H20N4O. The lowest BCUT2D eigenvalue weighted by Gasteiger charge is -2.10. The zero-order valence-electron chi connectivity index (χ0n) is 13.1. The van der Waals surface area contributed by atoms with Crippen LogP contribution in [0.4, 0.5) is 0 Å². The number of hydrogen-bond acceptors (Lipinski definition) is 3. The standard InChI is InChI=1S/C18H20N4O/c1-19-18(22-13-15-7-4-5-10-20-15)21-11-9-16-12-14-6-2-3-8-17(14)23-16/h2-8,10,12H,9,11,13H2,1H3,(H2,19,21,22). The van der Waals surface area contributed by atoms with Crippen LogP contribution in [0.25, 0.3) is 11.0 Å². The summed E-state index contributed by atoms with van der Waals surface area (Å²) < 4.78 is 5.80. The molecule has 23 heavy (non-hydrogen) atoms. The lowest BCUT2D eigenvalue weighted by atomic mass is 10.2. The van der Waals surface area contributed by atoms with E-state index in [1.54, 1.807) is 13.2 Å². The molecule has 0 fully saturated rings. The highest BCUT2D eigenvalue weighted by Gasteiger charge is 2.04. The number of aromatic nitrogens is 1. The van der Waals surface area contributed by atoms with Gasteiger partial charge in [0, 0.05) is 31.6 Å². The first-order chi connectivity index (χ1) is 11.3. The normalized spacial score (nSPS) is 11.6. The Morgan fingerprint density at radius 2 is 2.00 bits per heavy atom. The van der Waals surface area contributed by atoms with Gasteiger partial charge in [0.25, 0.3) is 0 Å². The molecule has 0 amide bonds. The number of para-hydroxylation sites is 1. The SMILES string of the molecule is CN=C(NCCc1cc2ccccc2o1)NCc1ccccn1. The van der Waals surface area contributed by atoms with Gasteiger partial charge in [0.05, 0.1) is 12.2 Å². The van der Waals surface area contributed by atoms with E-state index in [2.05, 4.69) is 32.7 Å². The first kappa shape index (κ1) is 15.1. The van der Waals surface area contributed by atoms with Crippen molar-refractivity contribution >= 4 is 16.9 Å². The molecule has 0 aliphatic heterocycles. The summed E-state index contributed by atoms with van der Waals surface area (Å²) in [5, 5.41) is 7.67. The summed E-state index contributed by atoms with van der Waals surface area (Å²) in [4.78, 5) is 8.49. The maximum atomic E-state index is 5.80. The monoisotopic (exact) mass is 308 g/mol. The van der Waals surface area contributed by atoms with Gasteiger partial charge in [-0.1, -0.05) is 24.3 Å². The van der Waals surface area contributed by atoms with E-state index in [1.807, 2.05) is 36.4 Å². The van der Waals surface area contributed by atoms with Crippen molar-refractivity contribution in [2.24, 2.45) is 4.99 Å². The van der Waals surface area contributed by atoms with Crippen LogP contribution in [0.1, 0.15) is 11.5 Å². The summed E-state index contributed by atoms with van der Waals surface area (Å²) in [6.45, 7) is 1.40. The molecule has 5 nitrogen and oxygen atoms in total. The maximum Gasteiger partial charge on any atom is 0.191 e. The van der Waals surface area contributed by atoms with Gasteiger partial charge < -0.3 is 15.1 Å². The van der Waals surface area contributed by atoms with E-state index < -0.39 is 0 Å². The number of aliphatic imine (C=N–C) groups is 1. The molecule has 1 aromatic carbocycles. The van der Waals surface area contributed by atoms with Gasteiger partial charge >= 0.3 is 0 Å². The summed E-state index contributed by atoms with van der Waals surface area (Å²) in [6, 6.07) is 16.0. The Morgan fingerprint density at radius 1 is 1.13 bits per heavy atom. The fourth-order valence-corrected chi connectivity index (χ4v) is 2.36. The van der Waals surface area contributed by atoms with E-state index in [0.29, 0.717) is 6.54 Å². The molecule has 0 saturated heterocycles. The number of fused-ring (bicyclic) bond motifs is 1. The highest BCUT2D eigenvalue weighted by molar-refractivity contribution is 5.79. The molecule has 0 saturated carbocycles. The van der Waals surface area contributed by atoms with Crippen LogP contribution in [0.3, 0.4) is 0 Å². The first-order valence-corrected chi connectivity index (χ1v) is 7.67. The van der Waals surface area contributed by atoms with E-state index in [1.165, 1.54) is 0 Å². The summed E-state index contributed by atoms with van der Waals surface area (Å²) in [7, 11) is 1.76. The average molecular weight is 308 g/mol. The molecule has 0 aliphatic carbocycles. The van der Waals surface area contributed by atoms with Gasteiger partial charge in [-0.15, -0.1) is 0 Å². The summed E-state index contributed by atoms with van der Waals surface area (Å²) in [6.07, 6.45) is 2.59. The van der Waals surface area contributed by atoms with Crippen LogP contribution in [-0.4, -0.2) is 24.5 Å². The second-order valence-electron chi connectivity index (χ2n) is 5.17. The van der Waals surface area contributed by atoms with Gasteiger partial charge in [0.2, 0.25) is 0 Å². The number of benzene rings is 1. The van der Waals surface area contributed by atoms with Crippen LogP contribution in [0.2, 0.25) is 0 Å². The van der Waals surface area contributed by atoms with E-state index in [9.17, 15) is 0 Å². The van der Waals surface area contributed by atoms with Crippen molar-refractivity contribution < 1.29 is 4.42 Å². The summed E-state index contributed by atoms with van der Waals surface area (Å²) in [5.74, 6) is 1.73. The molecule has 5 heteroatoms. The Balaban J connectivity index is 1.48. The number of pyridine rings is 1. The largest absolute Gasteiger partial charge is 0.461 e. The van der Waals surface area contributed by atoms with Gasteiger partial charge in [-0.05, 0) is 24.3 Å². The summed E-state index contributed by atoms with van der Waals surface area (Å²) >= 11 is 0. The third kappa shape index (κ3) is 4.10. The number of furan rings is 1. The summed E-state index contributed by atoms with van der Waals surface area (Å²) in [5.41, 5.74) is 1.91. The molecule has 0 radical (unpaired) electrons. The minimum absolute atomic E-state index is 0.644. The van der Waals surface area contributed by atoms with Crippen molar-refractivity contribution in [3.63, 3.8) is 0 Å². The first-order valence-electron chi connectivity index (χ1n) is 7.67. The third-order valence-corrected chi connectivity index (χ3v) is 3.53. The molecule has 3 rings (SSSR count). The molecule has 0 spiro atoms. The second kappa shape index (κ2) is 7.45. The predicted molar refractivity (Wildman–Crippen MR) is 92.4 cm³/mol. The van der Waals surface area contributed by atoms with Crippen LogP contribution >= 0.6 is 0 Å². The lowest BCUT2D eigenvalue weighted by molar-refractivity contribution is 0.544. The number of nitrogens with zero attached hydrogens (tertiary/aromatic N) is 2. The number of hydrogen-bond donors (Lipinski definition) is 2. The van der Waals surface area contributed by atoms with E-state index in [-0.39, 0.29) is 0 Å². The van der Waals surface area contributed by atoms with Gasteiger partial charge in [-0.2, -0.15) is 0 Å². The fourth-order valence-electron chi connectivity index (χ4n) is 2.36. The van der Waals surface area contributed by atoms with Gasteiger partial charge in [0.15, 0.2) is 5.96 Å². The predicted octanol–water partition coefficient (Wildman–Crippen LogP) is 2.74. The Bertz CT molecular complexity index is 747. The van der Waals surface area contributed by atoms with Crippen LogP contribution in [-0.2, 0) is 13.0 Å². The second-order valence-corrected chi connectivity index (χ2v) is 5.17. The fraction of sp³-hybridized carbons (Fsp3) is 0.222. The average Bonchev–Trinajstić information content (AvgIpc) is 3.01. The molecule has 2 N–H and O–H groups in total. The van der Waals surface area contributed by atoms with Crippen LogP contribution in [0, 0.1) is 0 Å². The molecule has 0 aliphatic rings. The van der Waals surface area contributed by atoms with Gasteiger partial charge in [-0.3, -0.25) is 9.98 Å². The molecule has 0 bridgehead atoms. The van der Waals surface area contributed by atoms with Gasteiger partial charge in [-0.25, -0.2) is 0 Å². The van der Waals surface area contributed by atoms with Crippen LogP contribution < -0.4 is 10.6 Å². The lowest BCUT2D eigenvalue weighted by Crippen LogP contribution is -2.38. The minimum Gasteiger partial charge on any atom is -0.461 e. The molecule has 0 unspecified atom stereocenters. The molecule has 118 valence electrons. The molecule has 2 aromatic heterocycles. The Kier molecular flexibility index (Phi) is 4.88. The zero-order valence-corrected chi connectivity index (χ0v) is 13.1. The Hall–Kier alpha value is -2.82. The van der Waals surface area contributed by atoms with E-state index in [4.69, 9.17) is 4.42 Å². The molecule has 2 heterocycles. The zero-order chi connectivity index (χ0) is 15.9. The van der Waals surface area contributed by atoms with Crippen molar-refractivity contribution in [3.05, 3.63) is 66.2 Å². The number of guanidine groups is 1. The van der Waals surface area contributed by atoms with Crippen molar-refractivity contribution in [3.8, 4) is 0 Å². The Labute approximate surface area is 135 Å². The maximum absolute atomic E-state index is 5.80. The van der Waals surface area contributed by atoms with Gasteiger partial charge in [0.1, 0.15) is 11.3 Å². The highest BCUT2D eigenvalue weighted by Crippen LogP contribution is 2.18. The van der Waals surface area contributed by atoms with Crippen molar-refractivity contribution in [2.75, 3.05) is 13.6 Å². The number of rotatable bonds is 5. The smallest absolute Gasteiger partial charge is 0.191 e. The van der Waals surface area contributed by atoms with E-state index >= 15 is 0 Å². The van der Waals surface area contributed by atoms with E-state index in [0.717, 1.165) is 41.3 Å². The minimum atomic E-state index is 0.644. The van der Waals surface area contributed by atoms with Crippen molar-refractivity contribution in [1.82, 2.24) is 15.6 Å². The number of nitrogens with one attached hydrogen (secondary N) is 2. The van der Waals surface area contributed by atoms with Crippen LogP contribution in [0.15, 0.2) is 64.1 Å². The quantitative estimate of drug-likeness (QED) is 0.562. The van der Waals surface area contributed by atoms with Crippen molar-refractivity contribution in [2.45, 2.75) is 13.0 Å². The third-order valence-electron chi connectivity index (χ3n) is 3.53. The highest BCUT2D eigenvalue weighted by atomic mass is 16.3. The molecule has 0 atom stereocenters. The molecule has 3 aromatic rings. The van der Waals surface area contributed by atoms with Crippen LogP contribution in [0.5, 0.6) is 0 Å². The van der Waals surface area contributed by atoms with Crippen molar-refractivity contribution in [1.29, 1.82) is 0 Å². The Morgan fingerprint density at radius 3 is 2.78 bits per heavy atom.